The zero-order chi connectivity index (χ0) is 14.0. The molecule has 0 fully saturated rings. The van der Waals surface area contributed by atoms with Gasteiger partial charge in [-0.3, -0.25) is 0 Å². The molecule has 1 N–H and O–H groups in total. The molecule has 102 valence electrons. The van der Waals surface area contributed by atoms with Gasteiger partial charge in [0.05, 0.1) is 0 Å². The molecular weight excluding hydrogens is 232 g/mol. The Labute approximate surface area is 116 Å². The van der Waals surface area contributed by atoms with Crippen LogP contribution >= 0.6 is 0 Å². The number of allylic oxidation sites excluding steroid dienone is 3. The SMILES string of the molecule is CN(C)C1=CCC(c2ccccc2NC(C)(C)C)=C1. The van der Waals surface area contributed by atoms with E-state index in [0.717, 1.165) is 6.42 Å². The van der Waals surface area contributed by atoms with Crippen LogP contribution in [0.2, 0.25) is 0 Å². The molecule has 0 spiro atoms. The van der Waals surface area contributed by atoms with Crippen LogP contribution in [0.4, 0.5) is 5.69 Å². The van der Waals surface area contributed by atoms with Crippen LogP contribution in [0.25, 0.3) is 5.57 Å². The molecule has 0 aliphatic heterocycles. The number of hydrogen-bond acceptors (Lipinski definition) is 2. The summed E-state index contributed by atoms with van der Waals surface area (Å²) in [6.45, 7) is 6.57. The minimum Gasteiger partial charge on any atom is -0.380 e. The van der Waals surface area contributed by atoms with Crippen molar-refractivity contribution in [1.29, 1.82) is 0 Å². The molecule has 0 bridgehead atoms. The molecule has 0 aromatic heterocycles. The first-order valence-corrected chi connectivity index (χ1v) is 6.82. The van der Waals surface area contributed by atoms with Crippen molar-refractivity contribution in [3.05, 3.63) is 47.7 Å². The van der Waals surface area contributed by atoms with Gasteiger partial charge in [-0.2, -0.15) is 0 Å². The Hall–Kier alpha value is -1.70. The van der Waals surface area contributed by atoms with Gasteiger partial charge in [-0.1, -0.05) is 24.3 Å². The Morgan fingerprint density at radius 1 is 1.11 bits per heavy atom. The van der Waals surface area contributed by atoms with Crippen molar-refractivity contribution in [3.8, 4) is 0 Å². The summed E-state index contributed by atoms with van der Waals surface area (Å²) in [5.74, 6) is 0. The summed E-state index contributed by atoms with van der Waals surface area (Å²) in [5.41, 5.74) is 5.28. The molecule has 0 unspecified atom stereocenters. The second kappa shape index (κ2) is 5.12. The topological polar surface area (TPSA) is 15.3 Å². The van der Waals surface area contributed by atoms with Crippen molar-refractivity contribution in [3.63, 3.8) is 0 Å². The van der Waals surface area contributed by atoms with Crippen LogP contribution in [-0.2, 0) is 0 Å². The molecule has 2 rings (SSSR count). The molecule has 1 aromatic carbocycles. The van der Waals surface area contributed by atoms with Gasteiger partial charge in [0.1, 0.15) is 0 Å². The number of para-hydroxylation sites is 1. The van der Waals surface area contributed by atoms with Crippen LogP contribution in [0.3, 0.4) is 0 Å². The van der Waals surface area contributed by atoms with E-state index in [1.165, 1.54) is 22.5 Å². The maximum atomic E-state index is 3.59. The number of rotatable bonds is 3. The van der Waals surface area contributed by atoms with E-state index in [1.807, 2.05) is 0 Å². The van der Waals surface area contributed by atoms with Gasteiger partial charge < -0.3 is 10.2 Å². The summed E-state index contributed by atoms with van der Waals surface area (Å²) in [6, 6.07) is 8.56. The van der Waals surface area contributed by atoms with Gasteiger partial charge in [0.25, 0.3) is 0 Å². The Balaban J connectivity index is 2.30. The third-order valence-corrected chi connectivity index (χ3v) is 3.15. The fraction of sp³-hybridized carbons (Fsp3) is 0.412. The van der Waals surface area contributed by atoms with E-state index in [9.17, 15) is 0 Å². The Bertz CT molecular complexity index is 516. The lowest BCUT2D eigenvalue weighted by atomic mass is 10.0. The molecule has 1 aromatic rings. The van der Waals surface area contributed by atoms with E-state index in [2.05, 4.69) is 81.5 Å². The summed E-state index contributed by atoms with van der Waals surface area (Å²) in [5, 5.41) is 3.59. The molecule has 1 aliphatic carbocycles. The minimum absolute atomic E-state index is 0.0765. The highest BCUT2D eigenvalue weighted by Crippen LogP contribution is 2.33. The van der Waals surface area contributed by atoms with E-state index in [-0.39, 0.29) is 5.54 Å². The summed E-state index contributed by atoms with van der Waals surface area (Å²) < 4.78 is 0. The normalized spacial score (nSPS) is 15.0. The van der Waals surface area contributed by atoms with Gasteiger partial charge >= 0.3 is 0 Å². The van der Waals surface area contributed by atoms with E-state index in [0.29, 0.717) is 0 Å². The zero-order valence-corrected chi connectivity index (χ0v) is 12.6. The third-order valence-electron chi connectivity index (χ3n) is 3.15. The quantitative estimate of drug-likeness (QED) is 0.874. The number of likely N-dealkylation sites (N-methyl/N-ethyl adjacent to an activating group) is 1. The average molecular weight is 256 g/mol. The number of hydrogen-bond donors (Lipinski definition) is 1. The summed E-state index contributed by atoms with van der Waals surface area (Å²) in [4.78, 5) is 2.16. The highest BCUT2D eigenvalue weighted by Gasteiger charge is 2.16. The van der Waals surface area contributed by atoms with Crippen LogP contribution in [0.5, 0.6) is 0 Å². The smallest absolute Gasteiger partial charge is 0.0420 e. The van der Waals surface area contributed by atoms with Gasteiger partial charge in [0.2, 0.25) is 0 Å². The molecule has 0 heterocycles. The summed E-state index contributed by atoms with van der Waals surface area (Å²) in [6.07, 6.45) is 5.57. The number of anilines is 1. The first-order valence-electron chi connectivity index (χ1n) is 6.82. The highest BCUT2D eigenvalue weighted by atomic mass is 15.1. The Morgan fingerprint density at radius 3 is 2.37 bits per heavy atom. The molecule has 0 saturated carbocycles. The lowest BCUT2D eigenvalue weighted by Crippen LogP contribution is -2.26. The highest BCUT2D eigenvalue weighted by molar-refractivity contribution is 5.80. The van der Waals surface area contributed by atoms with Crippen molar-refractivity contribution in [2.24, 2.45) is 0 Å². The molecule has 2 nitrogen and oxygen atoms in total. The molecule has 0 atom stereocenters. The predicted molar refractivity (Wildman–Crippen MR) is 84.2 cm³/mol. The minimum atomic E-state index is 0.0765. The fourth-order valence-electron chi connectivity index (χ4n) is 2.29. The third kappa shape index (κ3) is 3.40. The summed E-state index contributed by atoms with van der Waals surface area (Å²) >= 11 is 0. The molecule has 0 saturated heterocycles. The monoisotopic (exact) mass is 256 g/mol. The van der Waals surface area contributed by atoms with E-state index >= 15 is 0 Å². The maximum absolute atomic E-state index is 3.59. The Kier molecular flexibility index (Phi) is 3.70. The van der Waals surface area contributed by atoms with Gasteiger partial charge in [0.15, 0.2) is 0 Å². The van der Waals surface area contributed by atoms with Gasteiger partial charge in [-0.25, -0.2) is 0 Å². The molecule has 0 radical (unpaired) electrons. The van der Waals surface area contributed by atoms with E-state index < -0.39 is 0 Å². The predicted octanol–water partition coefficient (Wildman–Crippen LogP) is 4.13. The fourth-order valence-corrected chi connectivity index (χ4v) is 2.29. The molecule has 1 aliphatic rings. The van der Waals surface area contributed by atoms with Crippen LogP contribution < -0.4 is 5.32 Å². The first-order chi connectivity index (χ1) is 8.87. The van der Waals surface area contributed by atoms with E-state index in [4.69, 9.17) is 0 Å². The van der Waals surface area contributed by atoms with Gasteiger partial charge in [-0.05, 0) is 44.9 Å². The van der Waals surface area contributed by atoms with Gasteiger partial charge in [0, 0.05) is 36.6 Å². The van der Waals surface area contributed by atoms with Crippen LogP contribution in [0.1, 0.15) is 32.8 Å². The standard InChI is InChI=1S/C17H24N2/c1-17(2,3)18-16-9-7-6-8-15(16)13-10-11-14(12-13)19(4)5/h6-9,11-12,18H,10H2,1-5H3. The van der Waals surface area contributed by atoms with Crippen molar-refractivity contribution in [1.82, 2.24) is 4.90 Å². The zero-order valence-electron chi connectivity index (χ0n) is 12.6. The van der Waals surface area contributed by atoms with E-state index in [1.54, 1.807) is 0 Å². The molecule has 19 heavy (non-hydrogen) atoms. The van der Waals surface area contributed by atoms with Crippen molar-refractivity contribution in [2.75, 3.05) is 19.4 Å². The van der Waals surface area contributed by atoms with Crippen molar-refractivity contribution in [2.45, 2.75) is 32.7 Å². The van der Waals surface area contributed by atoms with Crippen molar-refractivity contribution < 1.29 is 0 Å². The molecular formula is C17H24N2. The summed E-state index contributed by atoms with van der Waals surface area (Å²) in [7, 11) is 4.18. The van der Waals surface area contributed by atoms with Crippen LogP contribution in [0.15, 0.2) is 42.1 Å². The molecule has 0 amide bonds. The molecule has 2 heteroatoms. The number of benzene rings is 1. The lowest BCUT2D eigenvalue weighted by molar-refractivity contribution is 0.531. The second-order valence-electron chi connectivity index (χ2n) is 6.32. The lowest BCUT2D eigenvalue weighted by Gasteiger charge is -2.24. The number of nitrogens with zero attached hydrogens (tertiary/aromatic N) is 1. The largest absolute Gasteiger partial charge is 0.380 e. The maximum Gasteiger partial charge on any atom is 0.0420 e. The van der Waals surface area contributed by atoms with Crippen LogP contribution in [-0.4, -0.2) is 24.5 Å². The average Bonchev–Trinajstić information content (AvgIpc) is 2.76. The number of nitrogens with one attached hydrogen (secondary N) is 1. The first kappa shape index (κ1) is 13.7. The van der Waals surface area contributed by atoms with Gasteiger partial charge in [-0.15, -0.1) is 0 Å². The van der Waals surface area contributed by atoms with Crippen LogP contribution in [0, 0.1) is 0 Å². The van der Waals surface area contributed by atoms with Crippen molar-refractivity contribution >= 4 is 11.3 Å². The second-order valence-corrected chi connectivity index (χ2v) is 6.32. The Morgan fingerprint density at radius 2 is 1.79 bits per heavy atom.